The fourth-order valence-corrected chi connectivity index (χ4v) is 3.72. The van der Waals surface area contributed by atoms with Crippen LogP contribution < -0.4 is 4.72 Å². The van der Waals surface area contributed by atoms with Crippen LogP contribution in [0.4, 0.5) is 0 Å². The van der Waals surface area contributed by atoms with E-state index in [9.17, 15) is 13.5 Å². The van der Waals surface area contributed by atoms with Gasteiger partial charge in [0.1, 0.15) is 0 Å². The molecule has 1 aliphatic carbocycles. The molecule has 0 bridgehead atoms. The Balaban J connectivity index is 2.29. The lowest BCUT2D eigenvalue weighted by molar-refractivity contribution is 0.0679. The molecular weight excluding hydrogens is 242 g/mol. The quantitative estimate of drug-likeness (QED) is 0.702. The summed E-state index contributed by atoms with van der Waals surface area (Å²) in [5.74, 6) is 0.466. The van der Waals surface area contributed by atoms with E-state index in [4.69, 9.17) is 4.74 Å². The zero-order chi connectivity index (χ0) is 12.7. The van der Waals surface area contributed by atoms with Gasteiger partial charge in [-0.25, -0.2) is 13.1 Å². The number of ether oxygens (including phenoxy) is 1. The van der Waals surface area contributed by atoms with Crippen LogP contribution in [-0.4, -0.2) is 45.6 Å². The maximum absolute atomic E-state index is 11.7. The highest BCUT2D eigenvalue weighted by atomic mass is 32.2. The highest BCUT2D eigenvalue weighted by Gasteiger charge is 2.21. The fourth-order valence-electron chi connectivity index (χ4n) is 2.20. The first-order chi connectivity index (χ1) is 8.03. The van der Waals surface area contributed by atoms with E-state index in [0.717, 1.165) is 25.7 Å². The highest BCUT2D eigenvalue weighted by Crippen LogP contribution is 2.24. The van der Waals surface area contributed by atoms with E-state index in [-0.39, 0.29) is 24.8 Å². The van der Waals surface area contributed by atoms with E-state index >= 15 is 0 Å². The van der Waals surface area contributed by atoms with Gasteiger partial charge in [-0.15, -0.1) is 0 Å². The molecule has 1 fully saturated rings. The summed E-state index contributed by atoms with van der Waals surface area (Å²) in [6.07, 6.45) is 4.71. The minimum atomic E-state index is -3.26. The predicted octanol–water partition coefficient (Wildman–Crippen LogP) is 0.493. The molecule has 2 N–H and O–H groups in total. The van der Waals surface area contributed by atoms with Gasteiger partial charge in [0.15, 0.2) is 0 Å². The SMILES string of the molecule is COCC(O)CNS(=O)(=O)CC1CCCCC1. The first-order valence-corrected chi connectivity index (χ1v) is 7.83. The van der Waals surface area contributed by atoms with Crippen LogP contribution >= 0.6 is 0 Å². The number of aliphatic hydroxyl groups is 1. The Bertz CT molecular complexity index is 299. The third-order valence-electron chi connectivity index (χ3n) is 3.08. The van der Waals surface area contributed by atoms with Crippen molar-refractivity contribution in [3.8, 4) is 0 Å². The van der Waals surface area contributed by atoms with Crippen LogP contribution in [0.1, 0.15) is 32.1 Å². The van der Waals surface area contributed by atoms with Crippen molar-refractivity contribution in [3.63, 3.8) is 0 Å². The average Bonchev–Trinajstić information content (AvgIpc) is 2.28. The predicted molar refractivity (Wildman–Crippen MR) is 66.2 cm³/mol. The van der Waals surface area contributed by atoms with Gasteiger partial charge in [0.05, 0.1) is 18.5 Å². The molecular formula is C11H23NO4S. The van der Waals surface area contributed by atoms with E-state index in [2.05, 4.69) is 4.72 Å². The Morgan fingerprint density at radius 3 is 2.59 bits per heavy atom. The van der Waals surface area contributed by atoms with E-state index in [1.54, 1.807) is 0 Å². The summed E-state index contributed by atoms with van der Waals surface area (Å²) < 4.78 is 30.7. The largest absolute Gasteiger partial charge is 0.389 e. The standard InChI is InChI=1S/C11H23NO4S/c1-16-8-11(13)7-12-17(14,15)9-10-5-3-2-4-6-10/h10-13H,2-9H2,1H3. The van der Waals surface area contributed by atoms with E-state index in [1.807, 2.05) is 0 Å². The van der Waals surface area contributed by atoms with Crippen LogP contribution in [0.5, 0.6) is 0 Å². The Morgan fingerprint density at radius 1 is 1.35 bits per heavy atom. The van der Waals surface area contributed by atoms with Gasteiger partial charge in [-0.05, 0) is 18.8 Å². The third-order valence-corrected chi connectivity index (χ3v) is 4.59. The molecule has 17 heavy (non-hydrogen) atoms. The molecule has 1 rings (SSSR count). The lowest BCUT2D eigenvalue weighted by atomic mass is 9.91. The van der Waals surface area contributed by atoms with Crippen molar-refractivity contribution in [3.05, 3.63) is 0 Å². The van der Waals surface area contributed by atoms with Gasteiger partial charge in [-0.2, -0.15) is 0 Å². The first-order valence-electron chi connectivity index (χ1n) is 6.18. The minimum Gasteiger partial charge on any atom is -0.389 e. The van der Waals surface area contributed by atoms with Crippen LogP contribution in [-0.2, 0) is 14.8 Å². The maximum Gasteiger partial charge on any atom is 0.211 e. The Labute approximate surface area is 104 Å². The molecule has 6 heteroatoms. The van der Waals surface area contributed by atoms with Gasteiger partial charge in [-0.1, -0.05) is 19.3 Å². The number of methoxy groups -OCH3 is 1. The van der Waals surface area contributed by atoms with Crippen molar-refractivity contribution in [1.82, 2.24) is 4.72 Å². The Kier molecular flexibility index (Phi) is 6.40. The minimum absolute atomic E-state index is 0.0306. The average molecular weight is 265 g/mol. The van der Waals surface area contributed by atoms with Gasteiger partial charge in [0.2, 0.25) is 10.0 Å². The van der Waals surface area contributed by atoms with Gasteiger partial charge in [0.25, 0.3) is 0 Å². The normalized spacial score (nSPS) is 20.4. The topological polar surface area (TPSA) is 75.6 Å². The molecule has 5 nitrogen and oxygen atoms in total. The molecule has 0 aromatic carbocycles. The molecule has 0 saturated heterocycles. The van der Waals surface area contributed by atoms with E-state index in [1.165, 1.54) is 13.5 Å². The number of hydrogen-bond acceptors (Lipinski definition) is 4. The van der Waals surface area contributed by atoms with Crippen molar-refractivity contribution in [2.45, 2.75) is 38.2 Å². The number of sulfonamides is 1. The molecule has 0 radical (unpaired) electrons. The molecule has 0 amide bonds. The lowest BCUT2D eigenvalue weighted by Crippen LogP contribution is -2.37. The van der Waals surface area contributed by atoms with Crippen LogP contribution in [0.3, 0.4) is 0 Å². The van der Waals surface area contributed by atoms with Crippen molar-refractivity contribution < 1.29 is 18.3 Å². The summed E-state index contributed by atoms with van der Waals surface area (Å²) in [5, 5.41) is 9.37. The second kappa shape index (κ2) is 7.31. The zero-order valence-electron chi connectivity index (χ0n) is 10.4. The van der Waals surface area contributed by atoms with Crippen molar-refractivity contribution >= 4 is 10.0 Å². The van der Waals surface area contributed by atoms with Crippen molar-refractivity contribution in [2.24, 2.45) is 5.92 Å². The number of nitrogens with one attached hydrogen (secondary N) is 1. The van der Waals surface area contributed by atoms with Crippen LogP contribution in [0.15, 0.2) is 0 Å². The molecule has 0 aromatic rings. The van der Waals surface area contributed by atoms with Crippen LogP contribution in [0, 0.1) is 5.92 Å². The van der Waals surface area contributed by atoms with Gasteiger partial charge < -0.3 is 9.84 Å². The monoisotopic (exact) mass is 265 g/mol. The highest BCUT2D eigenvalue weighted by molar-refractivity contribution is 7.89. The molecule has 1 atom stereocenters. The summed E-state index contributed by atoms with van der Waals surface area (Å²) in [6, 6.07) is 0. The van der Waals surface area contributed by atoms with E-state index in [0.29, 0.717) is 0 Å². The van der Waals surface area contributed by atoms with Crippen molar-refractivity contribution in [1.29, 1.82) is 0 Å². The smallest absolute Gasteiger partial charge is 0.211 e. The lowest BCUT2D eigenvalue weighted by Gasteiger charge is -2.21. The van der Waals surface area contributed by atoms with Crippen molar-refractivity contribution in [2.75, 3.05) is 26.0 Å². The molecule has 1 unspecified atom stereocenters. The van der Waals surface area contributed by atoms with Gasteiger partial charge in [0, 0.05) is 13.7 Å². The number of rotatable bonds is 7. The summed E-state index contributed by atoms with van der Waals surface area (Å²) >= 11 is 0. The van der Waals surface area contributed by atoms with Gasteiger partial charge in [-0.3, -0.25) is 0 Å². The summed E-state index contributed by atoms with van der Waals surface area (Å²) in [5.41, 5.74) is 0. The molecule has 102 valence electrons. The maximum atomic E-state index is 11.7. The second-order valence-electron chi connectivity index (χ2n) is 4.74. The Morgan fingerprint density at radius 2 is 2.00 bits per heavy atom. The Hall–Kier alpha value is -0.170. The van der Waals surface area contributed by atoms with E-state index < -0.39 is 16.1 Å². The molecule has 0 aliphatic heterocycles. The molecule has 0 spiro atoms. The fraction of sp³-hybridized carbons (Fsp3) is 1.00. The summed E-state index contributed by atoms with van der Waals surface area (Å²) in [6.45, 7) is 0.175. The molecule has 0 aromatic heterocycles. The number of hydrogen-bond donors (Lipinski definition) is 2. The molecule has 0 heterocycles. The zero-order valence-corrected chi connectivity index (χ0v) is 11.2. The van der Waals surface area contributed by atoms with Crippen LogP contribution in [0.2, 0.25) is 0 Å². The second-order valence-corrected chi connectivity index (χ2v) is 6.59. The van der Waals surface area contributed by atoms with Gasteiger partial charge >= 0.3 is 0 Å². The first kappa shape index (κ1) is 14.9. The number of aliphatic hydroxyl groups excluding tert-OH is 1. The summed E-state index contributed by atoms with van der Waals surface area (Å²) in [7, 11) is -1.79. The summed E-state index contributed by atoms with van der Waals surface area (Å²) in [4.78, 5) is 0. The molecule has 1 aliphatic rings. The van der Waals surface area contributed by atoms with Crippen LogP contribution in [0.25, 0.3) is 0 Å². The molecule has 1 saturated carbocycles. The third kappa shape index (κ3) is 6.35.